The molecule has 0 aliphatic heterocycles. The molecule has 0 bridgehead atoms. The Hall–Kier alpha value is -4.21. The fraction of sp³-hybridized carbons (Fsp3) is 0.292. The summed E-state index contributed by atoms with van der Waals surface area (Å²) in [4.78, 5) is 48.3. The van der Waals surface area contributed by atoms with Crippen LogP contribution in [0.25, 0.3) is 0 Å². The standard InChI is InChI=1S/C24H28N4O6/c1-5-33-23(31)20(24(32)34-6-2)28-27-17-12-10-16(11-13-17)22(30)26-19-9-7-8-18(14-19)25-21(29)15(3)4/h7-15,27H,5-6H2,1-4H3,(H,25,29)(H,26,30). The molecule has 34 heavy (non-hydrogen) atoms. The van der Waals surface area contributed by atoms with E-state index in [0.29, 0.717) is 22.6 Å². The minimum absolute atomic E-state index is 0.0775. The van der Waals surface area contributed by atoms with E-state index in [0.717, 1.165) is 0 Å². The van der Waals surface area contributed by atoms with Crippen LogP contribution in [0.4, 0.5) is 17.1 Å². The number of carbonyl (C=O) groups excluding carboxylic acids is 4. The van der Waals surface area contributed by atoms with Crippen LogP contribution in [-0.2, 0) is 23.9 Å². The molecule has 0 saturated heterocycles. The predicted octanol–water partition coefficient (Wildman–Crippen LogP) is 3.43. The molecule has 0 fully saturated rings. The van der Waals surface area contributed by atoms with Crippen LogP contribution in [-0.4, -0.2) is 42.7 Å². The van der Waals surface area contributed by atoms with Gasteiger partial charge in [-0.1, -0.05) is 19.9 Å². The topological polar surface area (TPSA) is 135 Å². The van der Waals surface area contributed by atoms with Crippen LogP contribution >= 0.6 is 0 Å². The van der Waals surface area contributed by atoms with Gasteiger partial charge in [-0.3, -0.25) is 15.0 Å². The van der Waals surface area contributed by atoms with E-state index in [1.54, 1.807) is 76.2 Å². The zero-order valence-corrected chi connectivity index (χ0v) is 19.5. The van der Waals surface area contributed by atoms with Gasteiger partial charge in [0.15, 0.2) is 0 Å². The molecule has 0 spiro atoms. The van der Waals surface area contributed by atoms with Gasteiger partial charge < -0.3 is 20.1 Å². The number of carbonyl (C=O) groups is 4. The second kappa shape index (κ2) is 12.7. The number of hydrogen-bond acceptors (Lipinski definition) is 8. The van der Waals surface area contributed by atoms with Crippen molar-refractivity contribution < 1.29 is 28.7 Å². The van der Waals surface area contributed by atoms with Crippen molar-refractivity contribution in [2.75, 3.05) is 29.3 Å². The maximum Gasteiger partial charge on any atom is 0.366 e. The Kier molecular flexibility index (Phi) is 9.75. The first-order valence-corrected chi connectivity index (χ1v) is 10.7. The smallest absolute Gasteiger partial charge is 0.366 e. The molecule has 0 saturated carbocycles. The van der Waals surface area contributed by atoms with E-state index in [9.17, 15) is 19.2 Å². The number of rotatable bonds is 10. The average Bonchev–Trinajstić information content (AvgIpc) is 2.80. The molecule has 0 aromatic heterocycles. The van der Waals surface area contributed by atoms with Crippen molar-refractivity contribution in [2.24, 2.45) is 11.0 Å². The highest BCUT2D eigenvalue weighted by Gasteiger charge is 2.23. The maximum absolute atomic E-state index is 12.6. The minimum Gasteiger partial charge on any atom is -0.461 e. The van der Waals surface area contributed by atoms with Crippen molar-refractivity contribution in [1.29, 1.82) is 0 Å². The molecular weight excluding hydrogens is 440 g/mol. The van der Waals surface area contributed by atoms with Gasteiger partial charge in [-0.05, 0) is 56.3 Å². The van der Waals surface area contributed by atoms with Gasteiger partial charge in [-0.25, -0.2) is 9.59 Å². The lowest BCUT2D eigenvalue weighted by Gasteiger charge is -2.10. The number of nitrogens with one attached hydrogen (secondary N) is 3. The van der Waals surface area contributed by atoms with Crippen molar-refractivity contribution in [3.8, 4) is 0 Å². The third-order valence-electron chi connectivity index (χ3n) is 4.29. The summed E-state index contributed by atoms with van der Waals surface area (Å²) in [6.07, 6.45) is 0. The van der Waals surface area contributed by atoms with Crippen LogP contribution in [0.5, 0.6) is 0 Å². The highest BCUT2D eigenvalue weighted by Crippen LogP contribution is 2.18. The number of nitrogens with zero attached hydrogens (tertiary/aromatic N) is 1. The Labute approximate surface area is 197 Å². The zero-order valence-electron chi connectivity index (χ0n) is 19.5. The van der Waals surface area contributed by atoms with Gasteiger partial charge in [0.05, 0.1) is 18.9 Å². The van der Waals surface area contributed by atoms with Crippen molar-refractivity contribution >= 4 is 46.5 Å². The monoisotopic (exact) mass is 468 g/mol. The lowest BCUT2D eigenvalue weighted by atomic mass is 10.1. The van der Waals surface area contributed by atoms with E-state index in [1.807, 2.05) is 0 Å². The molecule has 0 aliphatic carbocycles. The summed E-state index contributed by atoms with van der Waals surface area (Å²) in [5.41, 5.74) is 3.96. The molecule has 2 aromatic rings. The van der Waals surface area contributed by atoms with Gasteiger partial charge in [0.2, 0.25) is 5.91 Å². The lowest BCUT2D eigenvalue weighted by Crippen LogP contribution is -2.29. The van der Waals surface area contributed by atoms with E-state index in [2.05, 4.69) is 21.2 Å². The maximum atomic E-state index is 12.6. The Morgan fingerprint density at radius 1 is 0.824 bits per heavy atom. The number of benzene rings is 2. The predicted molar refractivity (Wildman–Crippen MR) is 129 cm³/mol. The lowest BCUT2D eigenvalue weighted by molar-refractivity contribution is -0.140. The van der Waals surface area contributed by atoms with Gasteiger partial charge >= 0.3 is 11.9 Å². The molecule has 0 heterocycles. The number of amides is 2. The largest absolute Gasteiger partial charge is 0.461 e. The summed E-state index contributed by atoms with van der Waals surface area (Å²) >= 11 is 0. The van der Waals surface area contributed by atoms with Crippen LogP contribution in [0.1, 0.15) is 38.1 Å². The number of esters is 2. The fourth-order valence-corrected chi connectivity index (χ4v) is 2.55. The van der Waals surface area contributed by atoms with E-state index in [-0.39, 0.29) is 30.9 Å². The third-order valence-corrected chi connectivity index (χ3v) is 4.29. The highest BCUT2D eigenvalue weighted by atomic mass is 16.6. The van der Waals surface area contributed by atoms with E-state index >= 15 is 0 Å². The summed E-state index contributed by atoms with van der Waals surface area (Å²) in [6.45, 7) is 6.95. The average molecular weight is 469 g/mol. The molecule has 0 atom stereocenters. The van der Waals surface area contributed by atoms with E-state index in [4.69, 9.17) is 9.47 Å². The molecule has 2 aromatic carbocycles. The van der Waals surface area contributed by atoms with Gasteiger partial charge in [0, 0.05) is 22.9 Å². The van der Waals surface area contributed by atoms with Gasteiger partial charge in [0.25, 0.3) is 11.6 Å². The van der Waals surface area contributed by atoms with Crippen LogP contribution in [0, 0.1) is 5.92 Å². The first-order chi connectivity index (χ1) is 16.2. The van der Waals surface area contributed by atoms with Crippen molar-refractivity contribution in [1.82, 2.24) is 0 Å². The molecule has 3 N–H and O–H groups in total. The van der Waals surface area contributed by atoms with Crippen molar-refractivity contribution in [3.05, 3.63) is 54.1 Å². The quantitative estimate of drug-likeness (QED) is 0.210. The van der Waals surface area contributed by atoms with E-state index in [1.165, 1.54) is 0 Å². The van der Waals surface area contributed by atoms with Crippen LogP contribution in [0.2, 0.25) is 0 Å². The number of anilines is 3. The van der Waals surface area contributed by atoms with Crippen molar-refractivity contribution in [3.63, 3.8) is 0 Å². The summed E-state index contributed by atoms with van der Waals surface area (Å²) in [5.74, 6) is -2.46. The molecule has 10 heteroatoms. The first kappa shape index (κ1) is 26.0. The molecule has 0 radical (unpaired) electrons. The Balaban J connectivity index is 2.06. The normalized spacial score (nSPS) is 10.1. The van der Waals surface area contributed by atoms with Crippen LogP contribution in [0.15, 0.2) is 53.6 Å². The van der Waals surface area contributed by atoms with E-state index < -0.39 is 17.7 Å². The summed E-state index contributed by atoms with van der Waals surface area (Å²) in [6, 6.07) is 13.0. The molecule has 180 valence electrons. The van der Waals surface area contributed by atoms with Gasteiger partial charge in [-0.15, -0.1) is 0 Å². The fourth-order valence-electron chi connectivity index (χ4n) is 2.55. The molecule has 2 amide bonds. The molecule has 2 rings (SSSR count). The van der Waals surface area contributed by atoms with Gasteiger partial charge in [0.1, 0.15) is 0 Å². The molecule has 0 unspecified atom stereocenters. The third kappa shape index (κ3) is 7.73. The number of ether oxygens (including phenoxy) is 2. The Morgan fingerprint density at radius 3 is 1.91 bits per heavy atom. The Morgan fingerprint density at radius 2 is 1.38 bits per heavy atom. The summed E-state index contributed by atoms with van der Waals surface area (Å²) in [5, 5.41) is 9.35. The van der Waals surface area contributed by atoms with Gasteiger partial charge in [-0.2, -0.15) is 5.10 Å². The second-order valence-electron chi connectivity index (χ2n) is 7.27. The number of hydrogen-bond donors (Lipinski definition) is 3. The number of hydrazone groups is 1. The van der Waals surface area contributed by atoms with Crippen LogP contribution < -0.4 is 16.1 Å². The molecule has 10 nitrogen and oxygen atoms in total. The Bertz CT molecular complexity index is 1040. The first-order valence-electron chi connectivity index (χ1n) is 10.7. The van der Waals surface area contributed by atoms with Crippen LogP contribution in [0.3, 0.4) is 0 Å². The molecular formula is C24H28N4O6. The summed E-state index contributed by atoms with van der Waals surface area (Å²) in [7, 11) is 0. The highest BCUT2D eigenvalue weighted by molar-refractivity contribution is 6.62. The molecule has 0 aliphatic rings. The SMILES string of the molecule is CCOC(=O)C(=NNc1ccc(C(=O)Nc2cccc(NC(=O)C(C)C)c2)cc1)C(=O)OCC. The van der Waals surface area contributed by atoms with Crippen molar-refractivity contribution in [2.45, 2.75) is 27.7 Å². The minimum atomic E-state index is -0.906. The second-order valence-corrected chi connectivity index (χ2v) is 7.27. The zero-order chi connectivity index (χ0) is 25.1. The summed E-state index contributed by atoms with van der Waals surface area (Å²) < 4.78 is 9.64.